The van der Waals surface area contributed by atoms with E-state index in [1.165, 1.54) is 0 Å². The average molecular weight is 202 g/mol. The summed E-state index contributed by atoms with van der Waals surface area (Å²) in [6.07, 6.45) is 1.86. The second-order valence-electron chi connectivity index (χ2n) is 2.63. The Morgan fingerprint density at radius 1 is 1.54 bits per heavy atom. The van der Waals surface area contributed by atoms with Gasteiger partial charge in [-0.05, 0) is 6.42 Å². The summed E-state index contributed by atoms with van der Waals surface area (Å²) in [4.78, 5) is 4.19. The van der Waals surface area contributed by atoms with Crippen LogP contribution in [0, 0.1) is 0 Å². The smallest absolute Gasteiger partial charge is 0.226 e. The molecule has 0 aliphatic rings. The molecular weight excluding hydrogens is 188 g/mol. The highest BCUT2D eigenvalue weighted by molar-refractivity contribution is 7.98. The minimum absolute atomic E-state index is 0.199. The number of nitrogens with zero attached hydrogens (tertiary/aromatic N) is 2. The molecular formula is C8H14N2O2S. The van der Waals surface area contributed by atoms with Gasteiger partial charge in [0.05, 0.1) is 12.4 Å². The zero-order valence-electron chi connectivity index (χ0n) is 7.69. The topological polar surface area (TPSA) is 59.2 Å². The van der Waals surface area contributed by atoms with Gasteiger partial charge in [0.1, 0.15) is 0 Å². The number of rotatable bonds is 6. The van der Waals surface area contributed by atoms with E-state index in [1.54, 1.807) is 11.8 Å². The van der Waals surface area contributed by atoms with Crippen LogP contribution in [0.15, 0.2) is 4.52 Å². The first-order valence-corrected chi connectivity index (χ1v) is 5.52. The number of thioether (sulfide) groups is 1. The Bertz CT molecular complexity index is 240. The van der Waals surface area contributed by atoms with Crippen molar-refractivity contribution in [3.8, 4) is 0 Å². The van der Waals surface area contributed by atoms with E-state index in [4.69, 9.17) is 9.63 Å². The quantitative estimate of drug-likeness (QED) is 0.703. The molecule has 0 aliphatic carbocycles. The van der Waals surface area contributed by atoms with Crippen LogP contribution in [-0.2, 0) is 12.2 Å². The SMILES string of the molecule is CCCc1nc(CSCCO)no1. The van der Waals surface area contributed by atoms with Crippen molar-refractivity contribution in [1.29, 1.82) is 0 Å². The molecule has 1 aromatic heterocycles. The largest absolute Gasteiger partial charge is 0.396 e. The molecule has 13 heavy (non-hydrogen) atoms. The third-order valence-corrected chi connectivity index (χ3v) is 2.37. The maximum atomic E-state index is 8.55. The van der Waals surface area contributed by atoms with Gasteiger partial charge in [0, 0.05) is 12.2 Å². The third-order valence-electron chi connectivity index (χ3n) is 1.44. The van der Waals surface area contributed by atoms with E-state index in [1.807, 2.05) is 0 Å². The number of aromatic nitrogens is 2. The lowest BCUT2D eigenvalue weighted by Gasteiger charge is -1.91. The predicted molar refractivity (Wildman–Crippen MR) is 51.5 cm³/mol. The van der Waals surface area contributed by atoms with Gasteiger partial charge in [0.2, 0.25) is 5.89 Å². The van der Waals surface area contributed by atoms with E-state index in [0.717, 1.165) is 24.4 Å². The summed E-state index contributed by atoms with van der Waals surface area (Å²) in [7, 11) is 0. The van der Waals surface area contributed by atoms with Crippen molar-refractivity contribution in [2.75, 3.05) is 12.4 Å². The molecule has 1 heterocycles. The van der Waals surface area contributed by atoms with Gasteiger partial charge in [0.15, 0.2) is 5.82 Å². The number of hydrogen-bond acceptors (Lipinski definition) is 5. The fraction of sp³-hybridized carbons (Fsp3) is 0.750. The Balaban J connectivity index is 2.31. The summed E-state index contributed by atoms with van der Waals surface area (Å²) >= 11 is 1.60. The lowest BCUT2D eigenvalue weighted by Crippen LogP contribution is -1.90. The van der Waals surface area contributed by atoms with Crippen LogP contribution in [0.4, 0.5) is 0 Å². The monoisotopic (exact) mass is 202 g/mol. The van der Waals surface area contributed by atoms with Gasteiger partial charge in [-0.3, -0.25) is 0 Å². The maximum absolute atomic E-state index is 8.55. The molecule has 0 bridgehead atoms. The highest BCUT2D eigenvalue weighted by atomic mass is 32.2. The van der Waals surface area contributed by atoms with E-state index < -0.39 is 0 Å². The van der Waals surface area contributed by atoms with Crippen LogP contribution in [0.25, 0.3) is 0 Å². The molecule has 1 aromatic rings. The Morgan fingerprint density at radius 2 is 2.38 bits per heavy atom. The highest BCUT2D eigenvalue weighted by Gasteiger charge is 2.04. The van der Waals surface area contributed by atoms with Crippen molar-refractivity contribution in [3.05, 3.63) is 11.7 Å². The highest BCUT2D eigenvalue weighted by Crippen LogP contribution is 2.09. The molecule has 0 fully saturated rings. The van der Waals surface area contributed by atoms with Gasteiger partial charge >= 0.3 is 0 Å². The van der Waals surface area contributed by atoms with Crippen LogP contribution in [0.3, 0.4) is 0 Å². The van der Waals surface area contributed by atoms with Crippen molar-refractivity contribution in [1.82, 2.24) is 10.1 Å². The number of aliphatic hydroxyl groups excluding tert-OH is 1. The second kappa shape index (κ2) is 5.99. The fourth-order valence-electron chi connectivity index (χ4n) is 0.892. The molecule has 1 rings (SSSR count). The van der Waals surface area contributed by atoms with E-state index in [-0.39, 0.29) is 6.61 Å². The molecule has 1 N–H and O–H groups in total. The summed E-state index contributed by atoms with van der Waals surface area (Å²) in [5.74, 6) is 2.87. The zero-order valence-corrected chi connectivity index (χ0v) is 8.51. The Hall–Kier alpha value is -0.550. The number of hydrogen-bond donors (Lipinski definition) is 1. The number of aryl methyl sites for hydroxylation is 1. The molecule has 74 valence electrons. The Kier molecular flexibility index (Phi) is 4.85. The molecule has 0 saturated carbocycles. The van der Waals surface area contributed by atoms with Crippen LogP contribution in [0.2, 0.25) is 0 Å². The average Bonchev–Trinajstić information content (AvgIpc) is 2.54. The molecule has 0 unspecified atom stereocenters. The molecule has 0 radical (unpaired) electrons. The van der Waals surface area contributed by atoms with Gasteiger partial charge in [-0.1, -0.05) is 12.1 Å². The van der Waals surface area contributed by atoms with Crippen LogP contribution in [-0.4, -0.2) is 27.6 Å². The summed E-state index contributed by atoms with van der Waals surface area (Å²) in [5, 5.41) is 12.4. The van der Waals surface area contributed by atoms with Gasteiger partial charge in [-0.25, -0.2) is 0 Å². The molecule has 0 saturated heterocycles. The van der Waals surface area contributed by atoms with Crippen molar-refractivity contribution in [2.24, 2.45) is 0 Å². The Morgan fingerprint density at radius 3 is 3.08 bits per heavy atom. The zero-order chi connectivity index (χ0) is 9.52. The first kappa shape index (κ1) is 10.5. The summed E-state index contributed by atoms with van der Waals surface area (Å²) < 4.78 is 5.00. The second-order valence-corrected chi connectivity index (χ2v) is 3.74. The van der Waals surface area contributed by atoms with E-state index >= 15 is 0 Å². The van der Waals surface area contributed by atoms with Gasteiger partial charge < -0.3 is 9.63 Å². The normalized spacial score (nSPS) is 10.6. The summed E-state index contributed by atoms with van der Waals surface area (Å²) in [5.41, 5.74) is 0. The fourth-order valence-corrected chi connectivity index (χ4v) is 1.47. The minimum Gasteiger partial charge on any atom is -0.396 e. The lowest BCUT2D eigenvalue weighted by atomic mass is 10.3. The molecule has 0 spiro atoms. The Labute approximate surface area is 81.7 Å². The van der Waals surface area contributed by atoms with Crippen LogP contribution in [0.5, 0.6) is 0 Å². The van der Waals surface area contributed by atoms with E-state index in [2.05, 4.69) is 17.1 Å². The molecule has 0 aromatic carbocycles. The van der Waals surface area contributed by atoms with Gasteiger partial charge in [-0.15, -0.1) is 0 Å². The molecule has 5 heteroatoms. The number of aliphatic hydroxyl groups is 1. The molecule has 4 nitrogen and oxygen atoms in total. The van der Waals surface area contributed by atoms with Crippen LogP contribution < -0.4 is 0 Å². The minimum atomic E-state index is 0.199. The van der Waals surface area contributed by atoms with Crippen LogP contribution >= 0.6 is 11.8 Å². The third kappa shape index (κ3) is 3.78. The van der Waals surface area contributed by atoms with Gasteiger partial charge in [-0.2, -0.15) is 16.7 Å². The molecule has 0 amide bonds. The van der Waals surface area contributed by atoms with Gasteiger partial charge in [0.25, 0.3) is 0 Å². The van der Waals surface area contributed by atoms with E-state index in [9.17, 15) is 0 Å². The summed E-state index contributed by atoms with van der Waals surface area (Å²) in [6.45, 7) is 2.27. The summed E-state index contributed by atoms with van der Waals surface area (Å²) in [6, 6.07) is 0. The first-order chi connectivity index (χ1) is 6.36. The van der Waals surface area contributed by atoms with E-state index in [0.29, 0.717) is 11.6 Å². The maximum Gasteiger partial charge on any atom is 0.226 e. The first-order valence-electron chi connectivity index (χ1n) is 4.37. The van der Waals surface area contributed by atoms with Crippen molar-refractivity contribution < 1.29 is 9.63 Å². The predicted octanol–water partition coefficient (Wildman–Crippen LogP) is 1.25. The standard InChI is InChI=1S/C8H14N2O2S/c1-2-3-8-9-7(10-12-8)6-13-5-4-11/h11H,2-6H2,1H3. The lowest BCUT2D eigenvalue weighted by molar-refractivity contribution is 0.322. The van der Waals surface area contributed by atoms with Crippen molar-refractivity contribution in [3.63, 3.8) is 0 Å². The van der Waals surface area contributed by atoms with Crippen molar-refractivity contribution >= 4 is 11.8 Å². The van der Waals surface area contributed by atoms with Crippen molar-refractivity contribution in [2.45, 2.75) is 25.5 Å². The van der Waals surface area contributed by atoms with Crippen LogP contribution in [0.1, 0.15) is 25.1 Å². The molecule has 0 aliphatic heterocycles. The molecule has 0 atom stereocenters.